The van der Waals surface area contributed by atoms with Crippen LogP contribution in [0.25, 0.3) is 0 Å². The first kappa shape index (κ1) is 9.25. The van der Waals surface area contributed by atoms with E-state index in [9.17, 15) is 4.79 Å². The maximum Gasteiger partial charge on any atom is 0.220 e. The minimum absolute atomic E-state index is 0.0145. The molecule has 0 saturated carbocycles. The fourth-order valence-electron chi connectivity index (χ4n) is 0.988. The van der Waals surface area contributed by atoms with Crippen LogP contribution in [-0.4, -0.2) is 18.8 Å². The monoisotopic (exact) mass is 176 g/mol. The van der Waals surface area contributed by atoms with Gasteiger partial charge in [0, 0.05) is 5.69 Å². The molecular formula is C9H10N3O. The van der Waals surface area contributed by atoms with E-state index in [0.717, 1.165) is 5.69 Å². The van der Waals surface area contributed by atoms with E-state index >= 15 is 0 Å². The summed E-state index contributed by atoms with van der Waals surface area (Å²) in [7, 11) is 0. The van der Waals surface area contributed by atoms with E-state index in [4.69, 9.17) is 11.1 Å². The van der Waals surface area contributed by atoms with Crippen LogP contribution < -0.4 is 10.6 Å². The highest BCUT2D eigenvalue weighted by Gasteiger charge is 2.07. The summed E-state index contributed by atoms with van der Waals surface area (Å²) in [6.45, 7) is -0.0145. The van der Waals surface area contributed by atoms with Gasteiger partial charge in [0.25, 0.3) is 0 Å². The molecule has 0 aromatic heterocycles. The molecule has 1 aromatic carbocycles. The van der Waals surface area contributed by atoms with E-state index in [1.807, 2.05) is 18.2 Å². The third kappa shape index (κ3) is 2.30. The second kappa shape index (κ2) is 4.25. The van der Waals surface area contributed by atoms with Gasteiger partial charge >= 0.3 is 0 Å². The molecule has 0 atom stereocenters. The van der Waals surface area contributed by atoms with Crippen LogP contribution in [0.15, 0.2) is 30.3 Å². The van der Waals surface area contributed by atoms with Crippen molar-refractivity contribution >= 4 is 17.9 Å². The number of benzene rings is 1. The zero-order chi connectivity index (χ0) is 9.68. The number of carbonyl (C=O) groups excluding carboxylic acids is 1. The Balaban J connectivity index is 2.88. The number of anilines is 1. The normalized spacial score (nSPS) is 9.23. The molecule has 0 fully saturated rings. The number of para-hydroxylation sites is 1. The minimum Gasteiger partial charge on any atom is -0.370 e. The highest BCUT2D eigenvalue weighted by atomic mass is 16.1. The lowest BCUT2D eigenvalue weighted by Gasteiger charge is -2.18. The van der Waals surface area contributed by atoms with Crippen molar-refractivity contribution < 1.29 is 4.79 Å². The highest BCUT2D eigenvalue weighted by Crippen LogP contribution is 2.10. The number of rotatable bonds is 3. The van der Waals surface area contributed by atoms with Gasteiger partial charge < -0.3 is 10.6 Å². The molecule has 1 aromatic rings. The summed E-state index contributed by atoms with van der Waals surface area (Å²) < 4.78 is 0. The van der Waals surface area contributed by atoms with Gasteiger partial charge in [-0.2, -0.15) is 0 Å². The maximum absolute atomic E-state index is 10.2. The summed E-state index contributed by atoms with van der Waals surface area (Å²) in [6.07, 6.45) is 1.70. The zero-order valence-electron chi connectivity index (χ0n) is 7.03. The third-order valence-electron chi connectivity index (χ3n) is 1.58. The van der Waals surface area contributed by atoms with Gasteiger partial charge in [0.1, 0.15) is 0 Å². The van der Waals surface area contributed by atoms with Gasteiger partial charge in [0.2, 0.25) is 6.29 Å². The van der Waals surface area contributed by atoms with Crippen molar-refractivity contribution in [2.75, 3.05) is 11.4 Å². The molecule has 4 heteroatoms. The zero-order valence-corrected chi connectivity index (χ0v) is 7.03. The van der Waals surface area contributed by atoms with Crippen molar-refractivity contribution in [3.05, 3.63) is 30.3 Å². The summed E-state index contributed by atoms with van der Waals surface area (Å²) in [5.41, 5.74) is 6.01. The van der Waals surface area contributed by atoms with Crippen LogP contribution in [0.1, 0.15) is 0 Å². The third-order valence-corrected chi connectivity index (χ3v) is 1.58. The molecule has 0 aliphatic heterocycles. The summed E-state index contributed by atoms with van der Waals surface area (Å²) in [4.78, 5) is 11.5. The molecule has 3 N–H and O–H groups in total. The van der Waals surface area contributed by atoms with Crippen molar-refractivity contribution in [2.45, 2.75) is 0 Å². The molecule has 1 radical (unpaired) electrons. The Morgan fingerprint density at radius 2 is 2.08 bits per heavy atom. The molecule has 13 heavy (non-hydrogen) atoms. The molecule has 0 heterocycles. The molecule has 1 rings (SSSR count). The van der Waals surface area contributed by atoms with Gasteiger partial charge in [-0.1, -0.05) is 18.2 Å². The maximum atomic E-state index is 10.2. The van der Waals surface area contributed by atoms with Crippen LogP contribution >= 0.6 is 0 Å². The summed E-state index contributed by atoms with van der Waals surface area (Å²) in [5.74, 6) is -0.158. The fraction of sp³-hybridized carbons (Fsp3) is 0.111. The number of guanidine groups is 1. The Hall–Kier alpha value is -1.84. The Morgan fingerprint density at radius 3 is 2.54 bits per heavy atom. The predicted molar refractivity (Wildman–Crippen MR) is 51.4 cm³/mol. The van der Waals surface area contributed by atoms with Gasteiger partial charge in [0.15, 0.2) is 5.96 Å². The molecular weight excluding hydrogens is 166 g/mol. The Morgan fingerprint density at radius 1 is 1.46 bits per heavy atom. The fourth-order valence-corrected chi connectivity index (χ4v) is 0.988. The topological polar surface area (TPSA) is 70.2 Å². The number of hydrogen-bond acceptors (Lipinski definition) is 2. The molecule has 0 amide bonds. The SMILES string of the molecule is N=C(N)N(C[C]=O)c1ccccc1. The minimum atomic E-state index is -0.158. The van der Waals surface area contributed by atoms with Crippen molar-refractivity contribution in [3.63, 3.8) is 0 Å². The molecule has 0 bridgehead atoms. The van der Waals surface area contributed by atoms with Gasteiger partial charge in [-0.05, 0) is 12.1 Å². The highest BCUT2D eigenvalue weighted by molar-refractivity contribution is 5.94. The van der Waals surface area contributed by atoms with E-state index in [2.05, 4.69) is 0 Å². The quantitative estimate of drug-likeness (QED) is 0.520. The van der Waals surface area contributed by atoms with Crippen molar-refractivity contribution in [1.29, 1.82) is 5.41 Å². The van der Waals surface area contributed by atoms with Gasteiger partial charge in [-0.15, -0.1) is 0 Å². The molecule has 0 spiro atoms. The number of hydrogen-bond donors (Lipinski definition) is 2. The van der Waals surface area contributed by atoms with E-state index in [1.165, 1.54) is 4.90 Å². The lowest BCUT2D eigenvalue weighted by atomic mass is 10.3. The first-order valence-corrected chi connectivity index (χ1v) is 3.77. The van der Waals surface area contributed by atoms with Crippen LogP contribution in [0.2, 0.25) is 0 Å². The van der Waals surface area contributed by atoms with Gasteiger partial charge in [-0.25, -0.2) is 0 Å². The van der Waals surface area contributed by atoms with Gasteiger partial charge in [-0.3, -0.25) is 10.2 Å². The Labute approximate surface area is 76.5 Å². The second-order valence-electron chi connectivity index (χ2n) is 2.45. The summed E-state index contributed by atoms with van der Waals surface area (Å²) in [5, 5.41) is 7.22. The number of nitrogens with zero attached hydrogens (tertiary/aromatic N) is 1. The van der Waals surface area contributed by atoms with Crippen LogP contribution in [0.3, 0.4) is 0 Å². The van der Waals surface area contributed by atoms with E-state index in [-0.39, 0.29) is 12.5 Å². The molecule has 0 aliphatic rings. The Bertz CT molecular complexity index is 297. The van der Waals surface area contributed by atoms with E-state index in [0.29, 0.717) is 0 Å². The van der Waals surface area contributed by atoms with Crippen molar-refractivity contribution in [2.24, 2.45) is 5.73 Å². The first-order valence-electron chi connectivity index (χ1n) is 3.77. The Kier molecular flexibility index (Phi) is 3.03. The van der Waals surface area contributed by atoms with E-state index < -0.39 is 0 Å². The van der Waals surface area contributed by atoms with Crippen molar-refractivity contribution in [1.82, 2.24) is 0 Å². The predicted octanol–water partition coefficient (Wildman–Crippen LogP) is 0.496. The molecule has 0 aliphatic carbocycles. The summed E-state index contributed by atoms with van der Waals surface area (Å²) >= 11 is 0. The molecule has 0 saturated heterocycles. The molecule has 4 nitrogen and oxygen atoms in total. The summed E-state index contributed by atoms with van der Waals surface area (Å²) in [6, 6.07) is 9.04. The van der Waals surface area contributed by atoms with E-state index in [1.54, 1.807) is 18.4 Å². The average Bonchev–Trinajstić information content (AvgIpc) is 2.15. The molecule has 67 valence electrons. The smallest absolute Gasteiger partial charge is 0.220 e. The lowest BCUT2D eigenvalue weighted by molar-refractivity contribution is 0.556. The van der Waals surface area contributed by atoms with Crippen LogP contribution in [0.4, 0.5) is 5.69 Å². The van der Waals surface area contributed by atoms with Crippen LogP contribution in [0.5, 0.6) is 0 Å². The van der Waals surface area contributed by atoms with Gasteiger partial charge in [0.05, 0.1) is 6.54 Å². The number of nitrogens with two attached hydrogens (primary N) is 1. The number of nitrogens with one attached hydrogen (secondary N) is 1. The standard InChI is InChI=1S/C9H10N3O/c10-9(11)12(6-7-13)8-4-2-1-3-5-8/h1-5H,6H2,(H3,10,11). The largest absolute Gasteiger partial charge is 0.370 e. The van der Waals surface area contributed by atoms with Crippen molar-refractivity contribution in [3.8, 4) is 0 Å². The van der Waals surface area contributed by atoms with Crippen LogP contribution in [0, 0.1) is 5.41 Å². The molecule has 0 unspecified atom stereocenters. The average molecular weight is 176 g/mol. The second-order valence-corrected chi connectivity index (χ2v) is 2.45. The first-order chi connectivity index (χ1) is 6.25. The lowest BCUT2D eigenvalue weighted by Crippen LogP contribution is -2.37. The van der Waals surface area contributed by atoms with Crippen LogP contribution in [-0.2, 0) is 4.79 Å².